The molecule has 4 heterocycles. The molecule has 60 heavy (non-hydrogen) atoms. The van der Waals surface area contributed by atoms with Crippen molar-refractivity contribution in [3.05, 3.63) is 134 Å². The first kappa shape index (κ1) is 49.0. The van der Waals surface area contributed by atoms with Crippen LogP contribution in [-0.4, -0.2) is 49.3 Å². The molecule has 0 bridgehead atoms. The van der Waals surface area contributed by atoms with Gasteiger partial charge in [-0.15, -0.1) is 0 Å². The number of pyridine rings is 2. The molecule has 0 fully saturated rings. The average Bonchev–Trinajstić information content (AvgIpc) is 4.00. The fourth-order valence-electron chi connectivity index (χ4n) is 6.44. The molecule has 14 nitrogen and oxygen atoms in total. The van der Waals surface area contributed by atoms with E-state index in [4.69, 9.17) is 19.6 Å². The van der Waals surface area contributed by atoms with Crippen LogP contribution in [0.1, 0.15) is 73.1 Å². The third kappa shape index (κ3) is 15.4. The van der Waals surface area contributed by atoms with Crippen LogP contribution in [0.2, 0.25) is 13.3 Å². The summed E-state index contributed by atoms with van der Waals surface area (Å²) in [6, 6.07) is 20.6. The Hall–Kier alpha value is -5.35. The predicted molar refractivity (Wildman–Crippen MR) is 245 cm³/mol. The first-order valence-corrected chi connectivity index (χ1v) is 28.4. The molecule has 6 rings (SSSR count). The van der Waals surface area contributed by atoms with Crippen molar-refractivity contribution in [2.75, 3.05) is 10.6 Å². The summed E-state index contributed by atoms with van der Waals surface area (Å²) in [4.78, 5) is 54.7. The Kier molecular flexibility index (Phi) is 21.2. The van der Waals surface area contributed by atoms with Crippen LogP contribution in [0, 0.1) is 14.4 Å². The van der Waals surface area contributed by atoms with Crippen LogP contribution in [0.5, 0.6) is 0 Å². The second kappa shape index (κ2) is 26.0. The zero-order valence-electron chi connectivity index (χ0n) is 34.8. The van der Waals surface area contributed by atoms with Gasteiger partial charge in [0.1, 0.15) is 6.26 Å². The van der Waals surface area contributed by atoms with Gasteiger partial charge in [-0.25, -0.2) is 4.98 Å². The van der Waals surface area contributed by atoms with Gasteiger partial charge in [0.2, 0.25) is 17.7 Å². The maximum Gasteiger partial charge on any atom is 0 e. The topological polar surface area (TPSA) is 202 Å². The first-order chi connectivity index (χ1) is 29.0. The summed E-state index contributed by atoms with van der Waals surface area (Å²) in [6.45, 7) is 9.77. The van der Waals surface area contributed by atoms with Crippen LogP contribution >= 0.6 is 22.6 Å². The van der Waals surface area contributed by atoms with Crippen molar-refractivity contribution in [1.29, 1.82) is 10.8 Å². The Bertz CT molecular complexity index is 2340. The van der Waals surface area contributed by atoms with Crippen molar-refractivity contribution >= 4 is 68.1 Å². The van der Waals surface area contributed by atoms with Gasteiger partial charge in [-0.2, -0.15) is 0 Å². The number of anilines is 2. The van der Waals surface area contributed by atoms with Crippen LogP contribution in [0.3, 0.4) is 0 Å². The maximum absolute atomic E-state index is 12.1. The van der Waals surface area contributed by atoms with E-state index in [9.17, 15) is 19.2 Å². The van der Waals surface area contributed by atoms with Gasteiger partial charge in [0.05, 0.1) is 23.1 Å². The summed E-state index contributed by atoms with van der Waals surface area (Å²) in [5.41, 5.74) is 3.07. The molecule has 0 unspecified atom stereocenters. The zero-order chi connectivity index (χ0) is 43.9. The van der Waals surface area contributed by atoms with E-state index >= 15 is 0 Å². The second-order valence-electron chi connectivity index (χ2n) is 13.9. The number of oxazole rings is 2. The number of unbranched alkanes of at least 4 members (excludes halogenated alkanes) is 3. The SMILES string of the molecule is CC(=O)Nc1cccc(-n2cc(-c3ncco3)ccc2=O)c1.CC(=O)Nc1cccc(-n2cc(I)ccc2=O)c1.CCC[CH2][Sn]([CH2]CCC)([CH2]CCC)[c]1ncco1.N#N. The van der Waals surface area contributed by atoms with Gasteiger partial charge in [-0.1, -0.05) is 12.1 Å². The molecule has 2 N–H and O–H groups in total. The molecule has 316 valence electrons. The minimum absolute atomic E-state index is 0.101. The smallest absolute Gasteiger partial charge is 0 e. The summed E-state index contributed by atoms with van der Waals surface area (Å²) in [5.74, 6) is 0.131. The maximum atomic E-state index is 12.1. The van der Waals surface area contributed by atoms with Gasteiger partial charge in [0.25, 0.3) is 11.1 Å². The standard InChI is InChI=1S/C16H13N3O3.C13H11IN2O2.3C4H9.C3H2NO.N2.Sn/c1-11(20)18-13-3-2-4-14(9-13)19-10-12(5-6-15(19)21)16-17-7-8-22-16;1-9(17)15-11-3-2-4-12(7-11)16-8-10(14)5-6-13(16)18;3*1-3-4-2;1-2-5-3-4-1;1-2;/h2-10H,1H3,(H,18,20);2-8H,1H3,(H,15,17);3*1,3-4H2,2H3;1-2H;;. The number of carbonyl (C=O) groups is 2. The fraction of sp³-hybridized carbons (Fsp3) is 0.318. The van der Waals surface area contributed by atoms with Gasteiger partial charge < -0.3 is 15.1 Å². The number of nitrogens with one attached hydrogen (secondary N) is 2. The van der Waals surface area contributed by atoms with Crippen LogP contribution < -0.4 is 25.7 Å². The van der Waals surface area contributed by atoms with Crippen LogP contribution in [0.25, 0.3) is 22.8 Å². The van der Waals surface area contributed by atoms with E-state index < -0.39 is 18.4 Å². The Morgan fingerprint density at radius 1 is 0.683 bits per heavy atom. The fourth-order valence-corrected chi connectivity index (χ4v) is 21.6. The molecule has 6 aromatic rings. The molecule has 0 aliphatic carbocycles. The Labute approximate surface area is 368 Å². The van der Waals surface area contributed by atoms with Gasteiger partial charge >= 0.3 is 117 Å². The van der Waals surface area contributed by atoms with E-state index in [2.05, 4.69) is 64.0 Å². The third-order valence-corrected chi connectivity index (χ3v) is 24.4. The Morgan fingerprint density at radius 3 is 1.62 bits per heavy atom. The molecule has 2 amide bonds. The minimum Gasteiger partial charge on any atom is 0 e. The van der Waals surface area contributed by atoms with E-state index in [1.165, 1.54) is 92.6 Å². The molecular formula is C44H53IN8O6Sn. The molecule has 0 aliphatic rings. The summed E-state index contributed by atoms with van der Waals surface area (Å²) < 4.78 is 20.5. The number of aromatic nitrogens is 4. The molecule has 16 heteroatoms. The van der Waals surface area contributed by atoms with Crippen molar-refractivity contribution in [2.45, 2.75) is 86.5 Å². The van der Waals surface area contributed by atoms with E-state index in [1.807, 2.05) is 12.3 Å². The number of benzene rings is 2. The molecule has 0 radical (unpaired) electrons. The quantitative estimate of drug-likeness (QED) is 0.0567. The van der Waals surface area contributed by atoms with Crippen LogP contribution in [0.15, 0.2) is 129 Å². The molecular weight excluding hydrogens is 982 g/mol. The number of rotatable bonds is 15. The van der Waals surface area contributed by atoms with Crippen molar-refractivity contribution in [3.63, 3.8) is 0 Å². The molecule has 4 aromatic heterocycles. The van der Waals surface area contributed by atoms with Crippen molar-refractivity contribution in [1.82, 2.24) is 19.1 Å². The van der Waals surface area contributed by atoms with Gasteiger partial charge in [0.15, 0.2) is 0 Å². The van der Waals surface area contributed by atoms with Crippen molar-refractivity contribution < 1.29 is 18.4 Å². The molecule has 0 atom stereocenters. The largest absolute Gasteiger partial charge is 0 e. The third-order valence-electron chi connectivity index (χ3n) is 9.27. The molecule has 0 saturated carbocycles. The van der Waals surface area contributed by atoms with Crippen LogP contribution in [0.4, 0.5) is 11.4 Å². The second-order valence-corrected chi connectivity index (χ2v) is 28.0. The van der Waals surface area contributed by atoms with E-state index in [-0.39, 0.29) is 22.9 Å². The van der Waals surface area contributed by atoms with Crippen LogP contribution in [-0.2, 0) is 9.59 Å². The summed E-state index contributed by atoms with van der Waals surface area (Å²) in [6.07, 6.45) is 18.1. The monoisotopic (exact) mass is 1040 g/mol. The van der Waals surface area contributed by atoms with Gasteiger partial charge in [-0.05, 0) is 71.1 Å². The summed E-state index contributed by atoms with van der Waals surface area (Å²) >= 11 is -0.162. The predicted octanol–water partition coefficient (Wildman–Crippen LogP) is 9.61. The normalized spacial score (nSPS) is 10.5. The van der Waals surface area contributed by atoms with E-state index in [1.54, 1.807) is 84.0 Å². The van der Waals surface area contributed by atoms with E-state index in [0.29, 0.717) is 28.5 Å². The Morgan fingerprint density at radius 2 is 1.17 bits per heavy atom. The number of hydrogen-bond acceptors (Lipinski definition) is 10. The molecule has 0 aliphatic heterocycles. The van der Waals surface area contributed by atoms with Gasteiger partial charge in [0, 0.05) is 64.1 Å². The molecule has 0 spiro atoms. The summed E-state index contributed by atoms with van der Waals surface area (Å²) in [7, 11) is 0. The molecule has 0 saturated heterocycles. The number of amides is 2. The van der Waals surface area contributed by atoms with Crippen molar-refractivity contribution in [2.24, 2.45) is 0 Å². The zero-order valence-corrected chi connectivity index (χ0v) is 39.8. The van der Waals surface area contributed by atoms with Crippen molar-refractivity contribution in [3.8, 4) is 22.8 Å². The molecule has 2 aromatic carbocycles. The minimum atomic E-state index is -2.31. The number of hydrogen-bond donors (Lipinski definition) is 2. The summed E-state index contributed by atoms with van der Waals surface area (Å²) in [5, 5.41) is 17.4. The number of nitrogens with zero attached hydrogens (tertiary/aromatic N) is 6. The average molecular weight is 1040 g/mol. The van der Waals surface area contributed by atoms with E-state index in [0.717, 1.165) is 9.26 Å². The first-order valence-electron chi connectivity index (χ1n) is 19.8. The number of halogens is 1. The van der Waals surface area contributed by atoms with Gasteiger partial charge in [-0.3, -0.25) is 28.3 Å². The number of carbonyl (C=O) groups excluding carboxylic acids is 2. The Balaban J connectivity index is 0.000000237.